The number of carbonyl (C=O) groups is 1. The highest BCUT2D eigenvalue weighted by molar-refractivity contribution is 7.08. The number of phenolic OH excluding ortho intramolecular Hbond substituents is 1. The molecule has 0 saturated heterocycles. The van der Waals surface area contributed by atoms with Gasteiger partial charge in [0.05, 0.1) is 6.54 Å². The van der Waals surface area contributed by atoms with Crippen LogP contribution in [0, 0.1) is 0 Å². The van der Waals surface area contributed by atoms with Gasteiger partial charge in [-0.25, -0.2) is 0 Å². The molecular weight excluding hydrogens is 286 g/mol. The quantitative estimate of drug-likeness (QED) is 0.767. The molecule has 3 N–H and O–H groups in total. The van der Waals surface area contributed by atoms with Crippen LogP contribution in [-0.2, 0) is 16.8 Å². The van der Waals surface area contributed by atoms with Crippen LogP contribution in [0.5, 0.6) is 5.75 Å². The van der Waals surface area contributed by atoms with Gasteiger partial charge in [-0.2, -0.15) is 11.3 Å². The van der Waals surface area contributed by atoms with Gasteiger partial charge in [-0.1, -0.05) is 18.2 Å². The van der Waals surface area contributed by atoms with Crippen molar-refractivity contribution in [1.82, 2.24) is 5.32 Å². The zero-order valence-corrected chi connectivity index (χ0v) is 12.7. The van der Waals surface area contributed by atoms with Gasteiger partial charge in [0.2, 0.25) is 5.91 Å². The van der Waals surface area contributed by atoms with Gasteiger partial charge in [-0.05, 0) is 47.4 Å². The predicted octanol–water partition coefficient (Wildman–Crippen LogP) is 2.41. The number of benzene rings is 1. The van der Waals surface area contributed by atoms with Crippen molar-refractivity contribution in [3.63, 3.8) is 0 Å². The summed E-state index contributed by atoms with van der Waals surface area (Å²) in [6.07, 6.45) is 0.746. The molecule has 1 heterocycles. The van der Waals surface area contributed by atoms with E-state index in [1.54, 1.807) is 25.1 Å². The SMILES string of the molecule is CC(O)(CNC(=O)CCc1ccccc1O)c1ccsc1. The Morgan fingerprint density at radius 3 is 2.76 bits per heavy atom. The minimum atomic E-state index is -1.06. The lowest BCUT2D eigenvalue weighted by Crippen LogP contribution is -2.38. The van der Waals surface area contributed by atoms with E-state index >= 15 is 0 Å². The smallest absolute Gasteiger partial charge is 0.220 e. The molecule has 0 spiro atoms. The maximum Gasteiger partial charge on any atom is 0.220 e. The molecular formula is C16H19NO3S. The molecule has 112 valence electrons. The third-order valence-corrected chi connectivity index (χ3v) is 4.07. The molecule has 1 unspecified atom stereocenters. The van der Waals surface area contributed by atoms with Crippen molar-refractivity contribution in [2.24, 2.45) is 0 Å². The summed E-state index contributed by atoms with van der Waals surface area (Å²) >= 11 is 1.51. The van der Waals surface area contributed by atoms with E-state index in [4.69, 9.17) is 0 Å². The van der Waals surface area contributed by atoms with Crippen molar-refractivity contribution < 1.29 is 15.0 Å². The molecule has 0 radical (unpaired) electrons. The van der Waals surface area contributed by atoms with Crippen LogP contribution in [0.25, 0.3) is 0 Å². The van der Waals surface area contributed by atoms with Crippen LogP contribution in [0.2, 0.25) is 0 Å². The van der Waals surface area contributed by atoms with E-state index < -0.39 is 5.60 Å². The van der Waals surface area contributed by atoms with Crippen molar-refractivity contribution in [3.8, 4) is 5.75 Å². The Balaban J connectivity index is 1.82. The molecule has 0 aliphatic heterocycles. The Morgan fingerprint density at radius 1 is 1.33 bits per heavy atom. The van der Waals surface area contributed by atoms with Gasteiger partial charge in [0.1, 0.15) is 11.4 Å². The van der Waals surface area contributed by atoms with Crippen molar-refractivity contribution >= 4 is 17.2 Å². The van der Waals surface area contributed by atoms with Gasteiger partial charge in [0.15, 0.2) is 0 Å². The molecule has 0 saturated carbocycles. The van der Waals surface area contributed by atoms with Crippen LogP contribution in [0.15, 0.2) is 41.1 Å². The first-order chi connectivity index (χ1) is 9.99. The average molecular weight is 305 g/mol. The van der Waals surface area contributed by atoms with E-state index in [-0.39, 0.29) is 24.6 Å². The molecule has 1 atom stereocenters. The maximum absolute atomic E-state index is 11.8. The molecule has 5 heteroatoms. The van der Waals surface area contributed by atoms with Crippen molar-refractivity contribution in [2.45, 2.75) is 25.4 Å². The number of carbonyl (C=O) groups excluding carboxylic acids is 1. The van der Waals surface area contributed by atoms with E-state index in [9.17, 15) is 15.0 Å². The summed E-state index contributed by atoms with van der Waals surface area (Å²) in [6, 6.07) is 8.82. The fourth-order valence-corrected chi connectivity index (χ4v) is 2.79. The van der Waals surface area contributed by atoms with Crippen LogP contribution in [0.3, 0.4) is 0 Å². The summed E-state index contributed by atoms with van der Waals surface area (Å²) in [7, 11) is 0. The molecule has 1 amide bonds. The molecule has 1 aromatic carbocycles. The number of amides is 1. The third kappa shape index (κ3) is 4.31. The van der Waals surface area contributed by atoms with Gasteiger partial charge in [0.25, 0.3) is 0 Å². The highest BCUT2D eigenvalue weighted by Gasteiger charge is 2.24. The van der Waals surface area contributed by atoms with Crippen LogP contribution in [0.1, 0.15) is 24.5 Å². The maximum atomic E-state index is 11.8. The largest absolute Gasteiger partial charge is 0.508 e. The van der Waals surface area contributed by atoms with Crippen molar-refractivity contribution in [3.05, 3.63) is 52.2 Å². The Morgan fingerprint density at radius 2 is 2.10 bits per heavy atom. The molecule has 4 nitrogen and oxygen atoms in total. The Kier molecular flexibility index (Phi) is 4.98. The highest BCUT2D eigenvalue weighted by Crippen LogP contribution is 2.22. The van der Waals surface area contributed by atoms with E-state index in [2.05, 4.69) is 5.32 Å². The first kappa shape index (κ1) is 15.5. The second-order valence-electron chi connectivity index (χ2n) is 5.19. The number of nitrogens with one attached hydrogen (secondary N) is 1. The second-order valence-corrected chi connectivity index (χ2v) is 5.97. The molecule has 2 rings (SSSR count). The predicted molar refractivity (Wildman–Crippen MR) is 83.3 cm³/mol. The lowest BCUT2D eigenvalue weighted by Gasteiger charge is -2.22. The summed E-state index contributed by atoms with van der Waals surface area (Å²) in [5.41, 5.74) is 0.482. The molecule has 0 aliphatic rings. The van der Waals surface area contributed by atoms with Gasteiger partial charge in [-0.15, -0.1) is 0 Å². The number of thiophene rings is 1. The number of para-hydroxylation sites is 1. The fraction of sp³-hybridized carbons (Fsp3) is 0.312. The minimum Gasteiger partial charge on any atom is -0.508 e. The third-order valence-electron chi connectivity index (χ3n) is 3.39. The monoisotopic (exact) mass is 305 g/mol. The first-order valence-corrected chi connectivity index (χ1v) is 7.72. The Labute approximate surface area is 128 Å². The van der Waals surface area contributed by atoms with Gasteiger partial charge >= 0.3 is 0 Å². The molecule has 21 heavy (non-hydrogen) atoms. The Bertz CT molecular complexity index is 593. The summed E-state index contributed by atoms with van der Waals surface area (Å²) in [6.45, 7) is 1.85. The molecule has 2 aromatic rings. The van der Waals surface area contributed by atoms with E-state index in [0.717, 1.165) is 11.1 Å². The second kappa shape index (κ2) is 6.74. The zero-order valence-electron chi connectivity index (χ0n) is 11.9. The normalized spacial score (nSPS) is 13.6. The number of rotatable bonds is 6. The van der Waals surface area contributed by atoms with Gasteiger partial charge < -0.3 is 15.5 Å². The van der Waals surface area contributed by atoms with Crippen LogP contribution in [-0.4, -0.2) is 22.7 Å². The molecule has 0 bridgehead atoms. The fourth-order valence-electron chi connectivity index (χ4n) is 2.00. The number of aliphatic hydroxyl groups is 1. The number of aryl methyl sites for hydroxylation is 1. The number of hydrogen-bond donors (Lipinski definition) is 3. The molecule has 0 aliphatic carbocycles. The summed E-state index contributed by atoms with van der Waals surface area (Å²) in [4.78, 5) is 11.8. The van der Waals surface area contributed by atoms with Crippen LogP contribution in [0.4, 0.5) is 0 Å². The summed E-state index contributed by atoms with van der Waals surface area (Å²) in [5.74, 6) is 0.0596. The highest BCUT2D eigenvalue weighted by atomic mass is 32.1. The lowest BCUT2D eigenvalue weighted by atomic mass is 9.99. The lowest BCUT2D eigenvalue weighted by molar-refractivity contribution is -0.122. The number of hydrogen-bond acceptors (Lipinski definition) is 4. The van der Waals surface area contributed by atoms with Crippen LogP contribution < -0.4 is 5.32 Å². The van der Waals surface area contributed by atoms with E-state index in [1.807, 2.05) is 22.9 Å². The van der Waals surface area contributed by atoms with E-state index in [0.29, 0.717) is 6.42 Å². The average Bonchev–Trinajstić information content (AvgIpc) is 2.99. The molecule has 0 fully saturated rings. The van der Waals surface area contributed by atoms with Crippen molar-refractivity contribution in [2.75, 3.05) is 6.54 Å². The van der Waals surface area contributed by atoms with Gasteiger partial charge in [0, 0.05) is 6.42 Å². The van der Waals surface area contributed by atoms with Gasteiger partial charge in [-0.3, -0.25) is 4.79 Å². The molecule has 1 aromatic heterocycles. The van der Waals surface area contributed by atoms with Crippen molar-refractivity contribution in [1.29, 1.82) is 0 Å². The van der Waals surface area contributed by atoms with E-state index in [1.165, 1.54) is 11.3 Å². The number of aromatic hydroxyl groups is 1. The number of phenols is 1. The summed E-state index contributed by atoms with van der Waals surface area (Å²) in [5, 5.41) is 26.4. The van der Waals surface area contributed by atoms with Crippen LogP contribution >= 0.6 is 11.3 Å². The minimum absolute atomic E-state index is 0.145. The first-order valence-electron chi connectivity index (χ1n) is 6.77. The summed E-state index contributed by atoms with van der Waals surface area (Å²) < 4.78 is 0. The topological polar surface area (TPSA) is 69.6 Å². The Hall–Kier alpha value is -1.85. The zero-order chi connectivity index (χ0) is 15.3. The standard InChI is InChI=1S/C16H19NO3S/c1-16(20,13-8-9-21-10-13)11-17-15(19)7-6-12-4-2-3-5-14(12)18/h2-5,8-10,18,20H,6-7,11H2,1H3,(H,17,19).